The normalized spacial score (nSPS) is 11.8. The fraction of sp³-hybridized carbons (Fsp3) is 0.333. The highest BCUT2D eigenvalue weighted by molar-refractivity contribution is 7.23. The SMILES string of the molecule is COc1c2nc3cc(C)ccc3sc-2c(C)c(=O)c1C.COc1c2nc3cc(C)ccc3sc-2c(C)c(=O)c1C.COc1c2nc3cc(OC/C=C(\C)CC/C=C(\C)CCC=C(C)C)ccc3sc-2c(C)c(=O)c1C.COc1c2nc3ccc(C)cc3sc-2c(C)c(=O)c1C.COc1c2nc3ccc(OC/C=C(\C)CC/C=C(\C)CCC=C(C)C)cc3sc-2c(C)c(=O)c1C. The van der Waals surface area contributed by atoms with Crippen LogP contribution < -0.4 is 60.3 Å². The van der Waals surface area contributed by atoms with Gasteiger partial charge in [-0.15, -0.1) is 56.7 Å². The molecule has 5 heterocycles. The molecule has 0 fully saturated rings. The molecular formula is C108H119N5O12S5. The van der Waals surface area contributed by atoms with Crippen LogP contribution in [-0.4, -0.2) is 73.7 Å². The summed E-state index contributed by atoms with van der Waals surface area (Å²) in [7, 11) is 7.93. The molecule has 0 aromatic heterocycles. The molecule has 0 atom stereocenters. The fourth-order valence-corrected chi connectivity index (χ4v) is 20.8. The maximum absolute atomic E-state index is 12.6. The third-order valence-corrected chi connectivity index (χ3v) is 29.3. The first-order valence-corrected chi connectivity index (χ1v) is 47.7. The molecule has 5 aromatic carbocycles. The predicted molar refractivity (Wildman–Crippen MR) is 549 cm³/mol. The zero-order chi connectivity index (χ0) is 94.4. The number of allylic oxidation sites excluding steroid dienone is 10. The highest BCUT2D eigenvalue weighted by atomic mass is 32.1. The number of nitrogens with zero attached hydrogens (tertiary/aromatic N) is 5. The van der Waals surface area contributed by atoms with Crippen LogP contribution in [0.5, 0.6) is 40.2 Å². The number of hydrogen-bond acceptors (Lipinski definition) is 22. The highest BCUT2D eigenvalue weighted by Gasteiger charge is 2.28. The lowest BCUT2D eigenvalue weighted by molar-refractivity contribution is 0.362. The Morgan fingerprint density at radius 1 is 0.269 bits per heavy atom. The van der Waals surface area contributed by atoms with Crippen molar-refractivity contribution >= 4 is 108 Å². The highest BCUT2D eigenvalue weighted by Crippen LogP contribution is 2.46. The second-order valence-electron chi connectivity index (χ2n) is 33.7. The summed E-state index contributed by atoms with van der Waals surface area (Å²) >= 11 is 7.92. The lowest BCUT2D eigenvalue weighted by Crippen LogP contribution is -2.13. The smallest absolute Gasteiger partial charge is 0.189 e. The van der Waals surface area contributed by atoms with E-state index in [1.165, 1.54) is 50.1 Å². The topological polar surface area (TPSA) is 214 Å². The lowest BCUT2D eigenvalue weighted by atomic mass is 10.1. The van der Waals surface area contributed by atoms with Gasteiger partial charge < -0.3 is 33.2 Å². The van der Waals surface area contributed by atoms with Crippen molar-refractivity contribution in [3.8, 4) is 93.1 Å². The Morgan fingerprint density at radius 3 is 0.838 bits per heavy atom. The minimum Gasteiger partial charge on any atom is -0.494 e. The van der Waals surface area contributed by atoms with E-state index >= 15 is 0 Å². The molecule has 0 unspecified atom stereocenters. The minimum absolute atomic E-state index is 0.0118. The molecule has 0 radical (unpaired) electrons. The second-order valence-corrected chi connectivity index (χ2v) is 39.0. The van der Waals surface area contributed by atoms with Crippen LogP contribution in [0.15, 0.2) is 185 Å². The molecule has 22 heteroatoms. The number of aromatic nitrogens is 5. The third-order valence-electron chi connectivity index (χ3n) is 23.0. The van der Waals surface area contributed by atoms with E-state index in [0.717, 1.165) is 189 Å². The van der Waals surface area contributed by atoms with Crippen molar-refractivity contribution in [3.63, 3.8) is 0 Å². The van der Waals surface area contributed by atoms with Crippen molar-refractivity contribution < 1.29 is 33.2 Å². The molecule has 678 valence electrons. The monoisotopic (exact) mass is 1840 g/mol. The molecule has 5 aromatic rings. The first-order chi connectivity index (χ1) is 62.0. The fourth-order valence-electron chi connectivity index (χ4n) is 15.4. The van der Waals surface area contributed by atoms with Crippen LogP contribution in [0.4, 0.5) is 0 Å². The van der Waals surface area contributed by atoms with Crippen LogP contribution in [0.1, 0.15) is 179 Å². The number of fused-ring (bicyclic) bond motifs is 10. The maximum Gasteiger partial charge on any atom is 0.189 e. The Kier molecular flexibility index (Phi) is 33.7. The number of rotatable bonds is 23. The molecular weight excluding hydrogens is 1720 g/mol. The molecule has 17 nitrogen and oxygen atoms in total. The van der Waals surface area contributed by atoms with E-state index in [-0.39, 0.29) is 27.1 Å². The molecule has 0 N–H and O–H groups in total. The van der Waals surface area contributed by atoms with Gasteiger partial charge in [-0.05, 0) is 292 Å². The number of methoxy groups -OCH3 is 5. The van der Waals surface area contributed by atoms with Gasteiger partial charge in [0.2, 0.25) is 0 Å². The Hall–Kier alpha value is -11.7. The zero-order valence-electron chi connectivity index (χ0n) is 79.9. The van der Waals surface area contributed by atoms with Crippen molar-refractivity contribution in [3.05, 3.63) is 284 Å². The molecule has 0 saturated heterocycles. The van der Waals surface area contributed by atoms with E-state index in [1.54, 1.807) is 127 Å². The Morgan fingerprint density at radius 2 is 0.515 bits per heavy atom. The summed E-state index contributed by atoms with van der Waals surface area (Å²) in [5.74, 6) is 4.48. The molecule has 0 spiro atoms. The number of ether oxygens (including phenoxy) is 7. The van der Waals surface area contributed by atoms with Gasteiger partial charge in [0.25, 0.3) is 0 Å². The molecule has 5 aliphatic carbocycles. The van der Waals surface area contributed by atoms with Crippen LogP contribution in [0.3, 0.4) is 0 Å². The van der Waals surface area contributed by atoms with Crippen LogP contribution in [0.25, 0.3) is 104 Å². The van der Waals surface area contributed by atoms with Crippen molar-refractivity contribution in [2.24, 2.45) is 0 Å². The van der Waals surface area contributed by atoms with Gasteiger partial charge in [0, 0.05) is 61.7 Å². The van der Waals surface area contributed by atoms with E-state index < -0.39 is 0 Å². The van der Waals surface area contributed by atoms with Crippen molar-refractivity contribution in [1.29, 1.82) is 0 Å². The standard InChI is InChI=1S/2C30H37NO3S.3C16H15NO2S/c1-19(2)10-8-11-20(3)12-9-13-21(4)16-17-34-24-14-15-26-25(18-24)31-27-29(33-7)22(5)28(32)23(6)30(27)35-26;1-19(2)10-8-11-20(3)12-9-13-21(4)16-17-34-24-14-15-25-26(18-24)35-30-23(6)28(32)22(5)29(33-7)27(30)31-25;2*1-8-5-6-12-11(7-8)17-13-15(19-4)9(2)14(18)10(3)16(13)20-12;1-8-5-6-11-12(7-8)20-16-10(3)14(18)9(2)15(19-4)13(16)17-11/h2*10,12,14-16,18H,8-9,11,13,17H2,1-7H3;3*5-7H,1-4H3/b2*20-12+,21-16+;;;. The van der Waals surface area contributed by atoms with Crippen LogP contribution in [-0.2, 0) is 0 Å². The minimum atomic E-state index is 0.0118. The number of benzene rings is 10. The van der Waals surface area contributed by atoms with Gasteiger partial charge in [0.15, 0.2) is 55.9 Å². The summed E-state index contributed by atoms with van der Waals surface area (Å²) in [6, 6.07) is 30.4. The average Bonchev–Trinajstić information content (AvgIpc) is 0.778. The third kappa shape index (κ3) is 23.0. The van der Waals surface area contributed by atoms with Crippen molar-refractivity contribution in [2.75, 3.05) is 48.8 Å². The molecule has 0 saturated carbocycles. The maximum atomic E-state index is 12.6. The first-order valence-electron chi connectivity index (χ1n) is 43.6. The van der Waals surface area contributed by atoms with E-state index in [0.29, 0.717) is 75.3 Å². The molecule has 130 heavy (non-hydrogen) atoms. The number of hydrogen-bond donors (Lipinski definition) is 0. The van der Waals surface area contributed by atoms with Crippen molar-refractivity contribution in [2.45, 2.75) is 197 Å². The molecule has 15 rings (SSSR count). The van der Waals surface area contributed by atoms with Gasteiger partial charge in [0.05, 0.1) is 111 Å². The van der Waals surface area contributed by atoms with E-state index in [2.05, 4.69) is 141 Å². The average molecular weight is 1840 g/mol. The van der Waals surface area contributed by atoms with E-state index in [1.807, 2.05) is 97.0 Å². The van der Waals surface area contributed by atoms with E-state index in [9.17, 15) is 24.0 Å². The zero-order valence-corrected chi connectivity index (χ0v) is 84.0. The quantitative estimate of drug-likeness (QED) is 0.0430. The summed E-state index contributed by atoms with van der Waals surface area (Å²) in [6.45, 7) is 42.8. The summed E-state index contributed by atoms with van der Waals surface area (Å²) in [5, 5.41) is 0. The molecule has 5 aliphatic heterocycles. The van der Waals surface area contributed by atoms with Crippen LogP contribution in [0.2, 0.25) is 0 Å². The molecule has 10 aliphatic rings. The summed E-state index contributed by atoms with van der Waals surface area (Å²) < 4.78 is 44.6. The molecule has 0 amide bonds. The predicted octanol–water partition coefficient (Wildman–Crippen LogP) is 27.5. The van der Waals surface area contributed by atoms with Gasteiger partial charge in [-0.25, -0.2) is 24.9 Å². The summed E-state index contributed by atoms with van der Waals surface area (Å²) in [5.41, 5.74) is 27.1. The Labute approximate surface area is 783 Å². The molecule has 0 bridgehead atoms. The van der Waals surface area contributed by atoms with Crippen LogP contribution in [0, 0.1) is 90.0 Å². The van der Waals surface area contributed by atoms with Gasteiger partial charge in [0.1, 0.15) is 53.2 Å². The van der Waals surface area contributed by atoms with Crippen molar-refractivity contribution in [1.82, 2.24) is 24.9 Å². The van der Waals surface area contributed by atoms with Gasteiger partial charge in [-0.2, -0.15) is 0 Å². The van der Waals surface area contributed by atoms with Gasteiger partial charge in [-0.3, -0.25) is 24.0 Å². The van der Waals surface area contributed by atoms with Gasteiger partial charge >= 0.3 is 0 Å². The summed E-state index contributed by atoms with van der Waals surface area (Å²) in [4.78, 5) is 90.2. The Balaban J connectivity index is 0.000000161. The Bertz CT molecular complexity index is 6960. The first kappa shape index (κ1) is 98.9. The summed E-state index contributed by atoms with van der Waals surface area (Å²) in [6.07, 6.45) is 22.3. The van der Waals surface area contributed by atoms with Gasteiger partial charge in [-0.1, -0.05) is 75.9 Å². The van der Waals surface area contributed by atoms with Crippen LogP contribution >= 0.6 is 56.7 Å². The number of aryl methyl sites for hydroxylation is 3. The second kappa shape index (κ2) is 44.3. The van der Waals surface area contributed by atoms with E-state index in [4.69, 9.17) is 58.1 Å². The lowest BCUT2D eigenvalue weighted by Gasteiger charge is -2.15. The largest absolute Gasteiger partial charge is 0.494 e.